The molecule has 0 saturated heterocycles. The highest BCUT2D eigenvalue weighted by Gasteiger charge is 2.09. The molecule has 2 rings (SSSR count). The SMILES string of the molecule is CCCCCCc1c(C)[nH]c2cc(OC)ccc2c1=O. The van der Waals surface area contributed by atoms with Crippen LogP contribution in [0.1, 0.15) is 43.9 Å². The summed E-state index contributed by atoms with van der Waals surface area (Å²) < 4.78 is 5.20. The normalized spacial score (nSPS) is 10.9. The first-order chi connectivity index (χ1) is 9.67. The van der Waals surface area contributed by atoms with Crippen LogP contribution in [0.15, 0.2) is 23.0 Å². The maximum atomic E-state index is 12.6. The summed E-state index contributed by atoms with van der Waals surface area (Å²) in [7, 11) is 1.63. The lowest BCUT2D eigenvalue weighted by Crippen LogP contribution is -2.13. The standard InChI is InChI=1S/C17H23NO2/c1-4-5-6-7-8-14-12(2)18-16-11-13(20-3)9-10-15(16)17(14)19/h9-11H,4-8H2,1-3H3,(H,18,19). The van der Waals surface area contributed by atoms with Crippen LogP contribution in [0.25, 0.3) is 10.9 Å². The van der Waals surface area contributed by atoms with Crippen molar-refractivity contribution < 1.29 is 4.74 Å². The molecule has 0 bridgehead atoms. The van der Waals surface area contributed by atoms with Crippen LogP contribution >= 0.6 is 0 Å². The summed E-state index contributed by atoms with van der Waals surface area (Å²) >= 11 is 0. The van der Waals surface area contributed by atoms with Crippen molar-refractivity contribution in [3.63, 3.8) is 0 Å². The summed E-state index contributed by atoms with van der Waals surface area (Å²) in [6.45, 7) is 4.18. The van der Waals surface area contributed by atoms with E-state index in [4.69, 9.17) is 4.74 Å². The van der Waals surface area contributed by atoms with E-state index in [1.54, 1.807) is 7.11 Å². The lowest BCUT2D eigenvalue weighted by Gasteiger charge is -2.09. The molecule has 0 aliphatic carbocycles. The number of methoxy groups -OCH3 is 1. The van der Waals surface area contributed by atoms with Gasteiger partial charge >= 0.3 is 0 Å². The second-order valence-corrected chi connectivity index (χ2v) is 5.28. The number of H-pyrrole nitrogens is 1. The fourth-order valence-electron chi connectivity index (χ4n) is 2.59. The minimum absolute atomic E-state index is 0.162. The van der Waals surface area contributed by atoms with Gasteiger partial charge in [0, 0.05) is 22.7 Å². The Bertz CT molecular complexity index is 643. The summed E-state index contributed by atoms with van der Waals surface area (Å²) in [5.41, 5.74) is 2.92. The first kappa shape index (κ1) is 14.6. The molecule has 0 amide bonds. The molecule has 1 aromatic carbocycles. The molecule has 0 spiro atoms. The van der Waals surface area contributed by atoms with E-state index >= 15 is 0 Å². The molecule has 2 aromatic rings. The Morgan fingerprint density at radius 3 is 2.70 bits per heavy atom. The van der Waals surface area contributed by atoms with E-state index in [2.05, 4.69) is 11.9 Å². The van der Waals surface area contributed by atoms with E-state index in [9.17, 15) is 4.79 Å². The van der Waals surface area contributed by atoms with Crippen LogP contribution in [-0.4, -0.2) is 12.1 Å². The molecule has 20 heavy (non-hydrogen) atoms. The largest absolute Gasteiger partial charge is 0.497 e. The average molecular weight is 273 g/mol. The van der Waals surface area contributed by atoms with Gasteiger partial charge in [0.05, 0.1) is 12.6 Å². The highest BCUT2D eigenvalue weighted by atomic mass is 16.5. The molecule has 1 heterocycles. The van der Waals surface area contributed by atoms with Gasteiger partial charge in [-0.2, -0.15) is 0 Å². The summed E-state index contributed by atoms with van der Waals surface area (Å²) in [6, 6.07) is 5.57. The third-order valence-corrected chi connectivity index (χ3v) is 3.80. The highest BCUT2D eigenvalue weighted by Crippen LogP contribution is 2.19. The molecule has 0 radical (unpaired) electrons. The molecular formula is C17H23NO2. The van der Waals surface area contributed by atoms with Gasteiger partial charge in [0.1, 0.15) is 5.75 Å². The lowest BCUT2D eigenvalue weighted by atomic mass is 10.0. The molecule has 0 aliphatic heterocycles. The van der Waals surface area contributed by atoms with Crippen LogP contribution in [0.5, 0.6) is 5.75 Å². The maximum Gasteiger partial charge on any atom is 0.192 e. The van der Waals surface area contributed by atoms with Gasteiger partial charge in [-0.15, -0.1) is 0 Å². The fraction of sp³-hybridized carbons (Fsp3) is 0.471. The number of benzene rings is 1. The zero-order valence-corrected chi connectivity index (χ0v) is 12.6. The molecular weight excluding hydrogens is 250 g/mol. The number of nitrogens with one attached hydrogen (secondary N) is 1. The van der Waals surface area contributed by atoms with E-state index < -0.39 is 0 Å². The fourth-order valence-corrected chi connectivity index (χ4v) is 2.59. The number of hydrogen-bond acceptors (Lipinski definition) is 2. The van der Waals surface area contributed by atoms with Crippen molar-refractivity contribution in [1.82, 2.24) is 4.98 Å². The van der Waals surface area contributed by atoms with Gasteiger partial charge < -0.3 is 9.72 Å². The molecule has 3 heteroatoms. The molecule has 1 N–H and O–H groups in total. The monoisotopic (exact) mass is 273 g/mol. The van der Waals surface area contributed by atoms with Crippen molar-refractivity contribution in [1.29, 1.82) is 0 Å². The Hall–Kier alpha value is -1.77. The zero-order chi connectivity index (χ0) is 14.5. The van der Waals surface area contributed by atoms with Crippen LogP contribution in [0, 0.1) is 6.92 Å². The number of unbranched alkanes of at least 4 members (excludes halogenated alkanes) is 3. The van der Waals surface area contributed by atoms with Crippen LogP contribution in [0.2, 0.25) is 0 Å². The Labute approximate surface area is 120 Å². The molecule has 0 saturated carbocycles. The van der Waals surface area contributed by atoms with E-state index in [1.807, 2.05) is 25.1 Å². The van der Waals surface area contributed by atoms with Gasteiger partial charge in [0.15, 0.2) is 5.43 Å². The van der Waals surface area contributed by atoms with Crippen LogP contribution in [0.3, 0.4) is 0 Å². The lowest BCUT2D eigenvalue weighted by molar-refractivity contribution is 0.415. The van der Waals surface area contributed by atoms with Crippen molar-refractivity contribution in [3.05, 3.63) is 39.7 Å². The van der Waals surface area contributed by atoms with Crippen LogP contribution in [0.4, 0.5) is 0 Å². The number of aromatic amines is 1. The minimum Gasteiger partial charge on any atom is -0.497 e. The van der Waals surface area contributed by atoms with E-state index in [0.717, 1.165) is 40.8 Å². The van der Waals surface area contributed by atoms with Crippen molar-refractivity contribution in [2.24, 2.45) is 0 Å². The van der Waals surface area contributed by atoms with E-state index in [1.165, 1.54) is 19.3 Å². The van der Waals surface area contributed by atoms with E-state index in [-0.39, 0.29) is 5.43 Å². The van der Waals surface area contributed by atoms with Gasteiger partial charge in [0.25, 0.3) is 0 Å². The van der Waals surface area contributed by atoms with Crippen molar-refractivity contribution in [2.45, 2.75) is 46.0 Å². The second-order valence-electron chi connectivity index (χ2n) is 5.28. The predicted molar refractivity (Wildman–Crippen MR) is 83.7 cm³/mol. The molecule has 0 aliphatic rings. The number of ether oxygens (including phenoxy) is 1. The van der Waals surface area contributed by atoms with Gasteiger partial charge in [0.2, 0.25) is 0 Å². The van der Waals surface area contributed by atoms with Gasteiger partial charge in [-0.1, -0.05) is 26.2 Å². The van der Waals surface area contributed by atoms with Gasteiger partial charge in [-0.3, -0.25) is 4.79 Å². The number of rotatable bonds is 6. The minimum atomic E-state index is 0.162. The predicted octanol–water partition coefficient (Wildman–Crippen LogP) is 3.97. The van der Waals surface area contributed by atoms with Crippen molar-refractivity contribution in [2.75, 3.05) is 7.11 Å². The first-order valence-electron chi connectivity index (χ1n) is 7.37. The van der Waals surface area contributed by atoms with Gasteiger partial charge in [-0.05, 0) is 31.9 Å². The number of fused-ring (bicyclic) bond motifs is 1. The molecule has 0 fully saturated rings. The topological polar surface area (TPSA) is 42.1 Å². The third kappa shape index (κ3) is 3.03. The highest BCUT2D eigenvalue weighted by molar-refractivity contribution is 5.80. The molecule has 0 unspecified atom stereocenters. The van der Waals surface area contributed by atoms with Crippen LogP contribution < -0.4 is 10.2 Å². The molecule has 1 aromatic heterocycles. The van der Waals surface area contributed by atoms with Crippen molar-refractivity contribution >= 4 is 10.9 Å². The summed E-state index contributed by atoms with van der Waals surface area (Å²) in [5, 5.41) is 0.752. The van der Waals surface area contributed by atoms with Crippen molar-refractivity contribution in [3.8, 4) is 5.75 Å². The maximum absolute atomic E-state index is 12.6. The smallest absolute Gasteiger partial charge is 0.192 e. The number of hydrogen-bond donors (Lipinski definition) is 1. The Morgan fingerprint density at radius 2 is 2.00 bits per heavy atom. The third-order valence-electron chi connectivity index (χ3n) is 3.80. The zero-order valence-electron chi connectivity index (χ0n) is 12.6. The van der Waals surface area contributed by atoms with E-state index in [0.29, 0.717) is 0 Å². The summed E-state index contributed by atoms with van der Waals surface area (Å²) in [4.78, 5) is 15.9. The summed E-state index contributed by atoms with van der Waals surface area (Å²) in [6.07, 6.45) is 5.59. The first-order valence-corrected chi connectivity index (χ1v) is 7.37. The molecule has 108 valence electrons. The van der Waals surface area contributed by atoms with Gasteiger partial charge in [-0.25, -0.2) is 0 Å². The second kappa shape index (κ2) is 6.60. The number of aryl methyl sites for hydroxylation is 1. The Kier molecular flexibility index (Phi) is 4.83. The summed E-state index contributed by atoms with van der Waals surface area (Å²) in [5.74, 6) is 0.767. The average Bonchev–Trinajstić information content (AvgIpc) is 2.45. The van der Waals surface area contributed by atoms with Crippen LogP contribution in [-0.2, 0) is 6.42 Å². The Balaban J connectivity index is 2.34. The molecule has 0 atom stereocenters. The molecule has 3 nitrogen and oxygen atoms in total. The quantitative estimate of drug-likeness (QED) is 0.809. The number of aromatic nitrogens is 1. The number of pyridine rings is 1. The Morgan fingerprint density at radius 1 is 1.20 bits per heavy atom.